The van der Waals surface area contributed by atoms with Crippen LogP contribution in [0.15, 0.2) is 48.5 Å². The first-order chi connectivity index (χ1) is 13.1. The summed E-state index contributed by atoms with van der Waals surface area (Å²) < 4.78 is 13.4. The van der Waals surface area contributed by atoms with Gasteiger partial charge in [-0.15, -0.1) is 0 Å². The Hall–Kier alpha value is -1.91. The average molecular weight is 387 g/mol. The van der Waals surface area contributed by atoms with Crippen LogP contribution in [0.2, 0.25) is 5.02 Å². The van der Waals surface area contributed by atoms with Gasteiger partial charge in [0.2, 0.25) is 0 Å². The normalized spacial score (nSPS) is 24.7. The lowest BCUT2D eigenvalue weighted by Gasteiger charge is -2.39. The smallest absolute Gasteiger partial charge is 0.251 e. The lowest BCUT2D eigenvalue weighted by molar-refractivity contribution is 0.0850. The topological polar surface area (TPSA) is 32.3 Å². The zero-order valence-corrected chi connectivity index (χ0v) is 16.0. The van der Waals surface area contributed by atoms with Crippen LogP contribution in [0.1, 0.15) is 41.6 Å². The molecule has 0 radical (unpaired) electrons. The van der Waals surface area contributed by atoms with Crippen LogP contribution in [0.5, 0.6) is 0 Å². The van der Waals surface area contributed by atoms with E-state index in [1.165, 1.54) is 36.6 Å². The van der Waals surface area contributed by atoms with Gasteiger partial charge in [0.15, 0.2) is 0 Å². The Balaban J connectivity index is 1.33. The highest BCUT2D eigenvalue weighted by Gasteiger charge is 2.40. The molecule has 2 aromatic carbocycles. The Morgan fingerprint density at radius 1 is 1.11 bits per heavy atom. The molecule has 2 aliphatic rings. The number of nitrogens with zero attached hydrogens (tertiary/aromatic N) is 1. The zero-order chi connectivity index (χ0) is 18.8. The predicted octanol–water partition coefficient (Wildman–Crippen LogP) is 4.65. The van der Waals surface area contributed by atoms with Gasteiger partial charge in [-0.2, -0.15) is 0 Å². The molecular formula is C22H24ClFN2O. The first-order valence-corrected chi connectivity index (χ1v) is 10.0. The quantitative estimate of drug-likeness (QED) is 0.811. The lowest BCUT2D eigenvalue weighted by atomic mass is 9.90. The summed E-state index contributed by atoms with van der Waals surface area (Å²) in [7, 11) is 0. The van der Waals surface area contributed by atoms with Crippen molar-refractivity contribution in [2.75, 3.05) is 6.54 Å². The summed E-state index contributed by atoms with van der Waals surface area (Å²) in [6, 6.07) is 15.8. The largest absolute Gasteiger partial charge is 0.352 e. The Bertz CT molecular complexity index is 779. The average Bonchev–Trinajstić information content (AvgIpc) is 2.88. The van der Waals surface area contributed by atoms with Crippen molar-refractivity contribution in [1.29, 1.82) is 0 Å². The monoisotopic (exact) mass is 386 g/mol. The van der Waals surface area contributed by atoms with E-state index in [1.807, 2.05) is 0 Å². The van der Waals surface area contributed by atoms with E-state index in [0.717, 1.165) is 19.4 Å². The SMILES string of the molecule is O=C(NCC1C[C@H]2CC[C@@H](C1)N2Cc1ccccc1)c1cc(F)cc(Cl)c1. The van der Waals surface area contributed by atoms with Crippen LogP contribution in [0, 0.1) is 11.7 Å². The number of hydrogen-bond acceptors (Lipinski definition) is 2. The molecule has 2 bridgehead atoms. The number of rotatable bonds is 5. The molecule has 0 aromatic heterocycles. The van der Waals surface area contributed by atoms with E-state index in [0.29, 0.717) is 24.5 Å². The molecule has 142 valence electrons. The van der Waals surface area contributed by atoms with Gasteiger partial charge in [0.1, 0.15) is 5.82 Å². The molecule has 2 aromatic rings. The molecule has 0 spiro atoms. The van der Waals surface area contributed by atoms with Gasteiger partial charge < -0.3 is 5.32 Å². The van der Waals surface area contributed by atoms with Gasteiger partial charge in [-0.1, -0.05) is 41.9 Å². The summed E-state index contributed by atoms with van der Waals surface area (Å²) in [4.78, 5) is 15.0. The number of carbonyl (C=O) groups excluding carboxylic acids is 1. The summed E-state index contributed by atoms with van der Waals surface area (Å²) in [5, 5.41) is 3.22. The minimum absolute atomic E-state index is 0.243. The molecule has 0 saturated carbocycles. The third-order valence-electron chi connectivity index (χ3n) is 5.87. The van der Waals surface area contributed by atoms with Crippen LogP contribution in [-0.2, 0) is 6.54 Å². The Morgan fingerprint density at radius 3 is 2.48 bits per heavy atom. The van der Waals surface area contributed by atoms with Gasteiger partial charge >= 0.3 is 0 Å². The van der Waals surface area contributed by atoms with Crippen LogP contribution in [-0.4, -0.2) is 29.4 Å². The van der Waals surface area contributed by atoms with Gasteiger partial charge in [-0.3, -0.25) is 9.69 Å². The van der Waals surface area contributed by atoms with Crippen molar-refractivity contribution < 1.29 is 9.18 Å². The maximum atomic E-state index is 13.4. The van der Waals surface area contributed by atoms with Crippen LogP contribution in [0.3, 0.4) is 0 Å². The molecule has 2 saturated heterocycles. The van der Waals surface area contributed by atoms with E-state index in [1.54, 1.807) is 0 Å². The number of fused-ring (bicyclic) bond motifs is 2. The van der Waals surface area contributed by atoms with Crippen molar-refractivity contribution in [1.82, 2.24) is 10.2 Å². The first-order valence-electron chi connectivity index (χ1n) is 9.62. The van der Waals surface area contributed by atoms with Crippen molar-refractivity contribution in [2.24, 2.45) is 5.92 Å². The maximum absolute atomic E-state index is 13.4. The molecule has 2 fully saturated rings. The predicted molar refractivity (Wildman–Crippen MR) is 105 cm³/mol. The highest BCUT2D eigenvalue weighted by molar-refractivity contribution is 6.31. The van der Waals surface area contributed by atoms with Crippen LogP contribution in [0.4, 0.5) is 4.39 Å². The Kier molecular flexibility index (Phi) is 5.46. The number of hydrogen-bond donors (Lipinski definition) is 1. The van der Waals surface area contributed by atoms with Crippen molar-refractivity contribution in [2.45, 2.75) is 44.3 Å². The van der Waals surface area contributed by atoms with E-state index in [2.05, 4.69) is 40.5 Å². The number of amides is 1. The molecule has 3 atom stereocenters. The minimum atomic E-state index is -0.486. The van der Waals surface area contributed by atoms with Crippen LogP contribution in [0.25, 0.3) is 0 Å². The van der Waals surface area contributed by atoms with E-state index in [9.17, 15) is 9.18 Å². The third-order valence-corrected chi connectivity index (χ3v) is 6.08. The molecule has 1 unspecified atom stereocenters. The Labute approximate surface area is 164 Å². The molecule has 1 N–H and O–H groups in total. The van der Waals surface area contributed by atoms with E-state index < -0.39 is 5.82 Å². The highest BCUT2D eigenvalue weighted by Crippen LogP contribution is 2.39. The molecule has 4 rings (SSSR count). The molecule has 2 heterocycles. The van der Waals surface area contributed by atoms with Gasteiger partial charge in [-0.05, 0) is 55.4 Å². The molecule has 2 aliphatic heterocycles. The molecule has 27 heavy (non-hydrogen) atoms. The van der Waals surface area contributed by atoms with Gasteiger partial charge in [0.05, 0.1) is 0 Å². The number of benzene rings is 2. The van der Waals surface area contributed by atoms with Crippen LogP contribution < -0.4 is 5.32 Å². The van der Waals surface area contributed by atoms with E-state index >= 15 is 0 Å². The third kappa shape index (κ3) is 4.33. The summed E-state index contributed by atoms with van der Waals surface area (Å²) in [6.07, 6.45) is 4.68. The number of piperidine rings is 1. The molecule has 0 aliphatic carbocycles. The van der Waals surface area contributed by atoms with Gasteiger partial charge in [0, 0.05) is 35.8 Å². The van der Waals surface area contributed by atoms with E-state index in [-0.39, 0.29) is 16.5 Å². The zero-order valence-electron chi connectivity index (χ0n) is 15.2. The van der Waals surface area contributed by atoms with Crippen molar-refractivity contribution in [3.63, 3.8) is 0 Å². The number of nitrogens with one attached hydrogen (secondary N) is 1. The maximum Gasteiger partial charge on any atom is 0.251 e. The fraction of sp³-hybridized carbons (Fsp3) is 0.409. The fourth-order valence-electron chi connectivity index (χ4n) is 4.63. The van der Waals surface area contributed by atoms with Crippen molar-refractivity contribution >= 4 is 17.5 Å². The summed E-state index contributed by atoms with van der Waals surface area (Å²) >= 11 is 5.85. The second-order valence-corrected chi connectivity index (χ2v) is 8.18. The van der Waals surface area contributed by atoms with E-state index in [4.69, 9.17) is 11.6 Å². The fourth-order valence-corrected chi connectivity index (χ4v) is 4.85. The van der Waals surface area contributed by atoms with Crippen LogP contribution >= 0.6 is 11.6 Å². The lowest BCUT2D eigenvalue weighted by Crippen LogP contribution is -2.45. The Morgan fingerprint density at radius 2 is 1.81 bits per heavy atom. The number of halogens is 2. The number of carbonyl (C=O) groups is 1. The molecular weight excluding hydrogens is 363 g/mol. The standard InChI is InChI=1S/C22H24ClFN2O/c23-18-10-17(11-19(24)12-18)22(27)25-13-16-8-20-6-7-21(9-16)26(20)14-15-4-2-1-3-5-15/h1-5,10-12,16,20-21H,6-9,13-14H2,(H,25,27)/t16?,20-,21+. The van der Waals surface area contributed by atoms with Gasteiger partial charge in [-0.25, -0.2) is 4.39 Å². The summed E-state index contributed by atoms with van der Waals surface area (Å²) in [6.45, 7) is 1.65. The minimum Gasteiger partial charge on any atom is -0.352 e. The van der Waals surface area contributed by atoms with Crippen molar-refractivity contribution in [3.05, 3.63) is 70.5 Å². The van der Waals surface area contributed by atoms with Crippen molar-refractivity contribution in [3.8, 4) is 0 Å². The first kappa shape index (κ1) is 18.5. The molecule has 5 heteroatoms. The summed E-state index contributed by atoms with van der Waals surface area (Å²) in [5.74, 6) is -0.266. The van der Waals surface area contributed by atoms with Gasteiger partial charge in [0.25, 0.3) is 5.91 Å². The summed E-state index contributed by atoms with van der Waals surface area (Å²) in [5.41, 5.74) is 1.65. The molecule has 3 nitrogen and oxygen atoms in total. The second-order valence-electron chi connectivity index (χ2n) is 7.75. The molecule has 1 amide bonds. The second kappa shape index (κ2) is 7.99. The highest BCUT2D eigenvalue weighted by atomic mass is 35.5.